The topological polar surface area (TPSA) is 83.1 Å². The average molecular weight is 517 g/mol. The summed E-state index contributed by atoms with van der Waals surface area (Å²) in [5, 5.41) is 5.65. The zero-order valence-corrected chi connectivity index (χ0v) is 22.5. The molecule has 0 radical (unpaired) electrons. The molecule has 2 N–H and O–H groups in total. The number of carbonyl (C=O) groups excluding carboxylic acids is 2. The van der Waals surface area contributed by atoms with Crippen molar-refractivity contribution < 1.29 is 19.1 Å². The summed E-state index contributed by atoms with van der Waals surface area (Å²) in [6, 6.07) is 19.3. The van der Waals surface area contributed by atoms with Gasteiger partial charge in [0.05, 0.1) is 12.8 Å². The molecule has 0 atom stereocenters. The van der Waals surface area contributed by atoms with Gasteiger partial charge in [-0.1, -0.05) is 30.3 Å². The Labute approximate surface area is 224 Å². The lowest BCUT2D eigenvalue weighted by atomic mass is 9.97. The third-order valence-corrected chi connectivity index (χ3v) is 6.72. The van der Waals surface area contributed by atoms with Crippen molar-refractivity contribution in [2.24, 2.45) is 0 Å². The number of rotatable bonds is 8. The second kappa shape index (κ2) is 12.5. The van der Waals surface area contributed by atoms with E-state index in [1.54, 1.807) is 7.11 Å². The van der Waals surface area contributed by atoms with Gasteiger partial charge in [0.15, 0.2) is 0 Å². The first-order chi connectivity index (χ1) is 18.4. The zero-order chi connectivity index (χ0) is 27.1. The lowest BCUT2D eigenvalue weighted by Gasteiger charge is -2.34. The molecule has 38 heavy (non-hydrogen) atoms. The number of ether oxygens (including phenoxy) is 2. The first-order valence-corrected chi connectivity index (χ1v) is 12.9. The number of anilines is 2. The average Bonchev–Trinajstić information content (AvgIpc) is 2.92. The van der Waals surface area contributed by atoms with E-state index in [0.29, 0.717) is 12.1 Å². The maximum Gasteiger partial charge on any atom is 0.407 e. The van der Waals surface area contributed by atoms with Crippen LogP contribution in [0.5, 0.6) is 5.75 Å². The Balaban J connectivity index is 1.42. The number of likely N-dealkylation sites (N-methyl/N-ethyl adjacent to an activating group) is 1. The summed E-state index contributed by atoms with van der Waals surface area (Å²) in [6.07, 6.45) is -0.423. The minimum atomic E-state index is -0.423. The monoisotopic (exact) mass is 516 g/mol. The van der Waals surface area contributed by atoms with E-state index in [1.807, 2.05) is 74.5 Å². The maximum absolute atomic E-state index is 13.0. The summed E-state index contributed by atoms with van der Waals surface area (Å²) >= 11 is 0. The van der Waals surface area contributed by atoms with Crippen molar-refractivity contribution in [1.29, 1.82) is 0 Å². The van der Waals surface area contributed by atoms with Crippen molar-refractivity contribution in [3.05, 3.63) is 77.4 Å². The summed E-state index contributed by atoms with van der Waals surface area (Å²) in [6.45, 7) is 8.40. The highest BCUT2D eigenvalue weighted by Crippen LogP contribution is 2.32. The smallest absolute Gasteiger partial charge is 0.407 e. The second-order valence-electron chi connectivity index (χ2n) is 9.46. The number of hydrogen-bond donors (Lipinski definition) is 2. The number of nitrogens with zero attached hydrogens (tertiary/aromatic N) is 2. The molecular weight excluding hydrogens is 480 g/mol. The summed E-state index contributed by atoms with van der Waals surface area (Å²) in [5.74, 6) is 0.634. The minimum absolute atomic E-state index is 0.166. The van der Waals surface area contributed by atoms with Crippen LogP contribution in [0.1, 0.15) is 28.4 Å². The molecule has 1 aliphatic rings. The van der Waals surface area contributed by atoms with E-state index in [9.17, 15) is 9.59 Å². The molecule has 3 aromatic rings. The fourth-order valence-corrected chi connectivity index (χ4v) is 4.55. The van der Waals surface area contributed by atoms with Crippen LogP contribution in [0, 0.1) is 6.92 Å². The largest absolute Gasteiger partial charge is 0.495 e. The molecular formula is C30H36N4O4. The number of hydrogen-bond acceptors (Lipinski definition) is 6. The Morgan fingerprint density at radius 3 is 2.34 bits per heavy atom. The van der Waals surface area contributed by atoms with Crippen molar-refractivity contribution in [3.63, 3.8) is 0 Å². The zero-order valence-electron chi connectivity index (χ0n) is 22.5. The van der Waals surface area contributed by atoms with Crippen LogP contribution in [0.25, 0.3) is 11.1 Å². The summed E-state index contributed by atoms with van der Waals surface area (Å²) in [5.41, 5.74) is 6.36. The molecule has 3 aromatic carbocycles. The van der Waals surface area contributed by atoms with Gasteiger partial charge in [-0.05, 0) is 73.5 Å². The predicted molar refractivity (Wildman–Crippen MR) is 151 cm³/mol. The van der Waals surface area contributed by atoms with Crippen LogP contribution in [0.15, 0.2) is 60.7 Å². The number of aryl methyl sites for hydroxylation is 1. The third-order valence-electron chi connectivity index (χ3n) is 6.72. The van der Waals surface area contributed by atoms with Gasteiger partial charge in [0.25, 0.3) is 5.91 Å². The van der Waals surface area contributed by atoms with Crippen molar-refractivity contribution in [1.82, 2.24) is 10.2 Å². The van der Waals surface area contributed by atoms with Gasteiger partial charge in [-0.25, -0.2) is 4.79 Å². The highest BCUT2D eigenvalue weighted by molar-refractivity contribution is 6.04. The number of nitrogens with one attached hydrogen (secondary N) is 2. The Kier molecular flexibility index (Phi) is 8.86. The number of benzene rings is 3. The lowest BCUT2D eigenvalue weighted by Crippen LogP contribution is -2.44. The van der Waals surface area contributed by atoms with Gasteiger partial charge >= 0.3 is 6.09 Å². The quantitative estimate of drug-likeness (QED) is 0.442. The summed E-state index contributed by atoms with van der Waals surface area (Å²) in [4.78, 5) is 29.2. The van der Waals surface area contributed by atoms with E-state index in [2.05, 4.69) is 27.5 Å². The molecule has 0 unspecified atom stereocenters. The van der Waals surface area contributed by atoms with Crippen LogP contribution in [0.3, 0.4) is 0 Å². The maximum atomic E-state index is 13.0. The molecule has 8 nitrogen and oxygen atoms in total. The Hall–Kier alpha value is -4.04. The molecule has 0 spiro atoms. The first kappa shape index (κ1) is 27.0. The highest BCUT2D eigenvalue weighted by atomic mass is 16.5. The van der Waals surface area contributed by atoms with Gasteiger partial charge in [0, 0.05) is 44.0 Å². The van der Waals surface area contributed by atoms with E-state index in [4.69, 9.17) is 9.47 Å². The minimum Gasteiger partial charge on any atom is -0.495 e. The van der Waals surface area contributed by atoms with Crippen LogP contribution in [-0.4, -0.2) is 63.8 Å². The van der Waals surface area contributed by atoms with Crippen LogP contribution in [0.2, 0.25) is 0 Å². The third kappa shape index (κ3) is 6.63. The molecule has 1 saturated heterocycles. The van der Waals surface area contributed by atoms with Crippen molar-refractivity contribution in [3.8, 4) is 16.9 Å². The highest BCUT2D eigenvalue weighted by Gasteiger charge is 2.19. The number of piperazine rings is 1. The molecule has 1 aliphatic heterocycles. The van der Waals surface area contributed by atoms with Crippen molar-refractivity contribution in [2.45, 2.75) is 20.5 Å². The molecule has 0 aromatic heterocycles. The van der Waals surface area contributed by atoms with E-state index in [0.717, 1.165) is 65.6 Å². The fraction of sp³-hybridized carbons (Fsp3) is 0.333. The van der Waals surface area contributed by atoms with Crippen molar-refractivity contribution in [2.75, 3.05) is 57.1 Å². The predicted octanol–water partition coefficient (Wildman–Crippen LogP) is 4.92. The van der Waals surface area contributed by atoms with Crippen LogP contribution in [0.4, 0.5) is 16.2 Å². The summed E-state index contributed by atoms with van der Waals surface area (Å²) in [7, 11) is 3.79. The summed E-state index contributed by atoms with van der Waals surface area (Å²) < 4.78 is 10.8. The Morgan fingerprint density at radius 1 is 0.947 bits per heavy atom. The van der Waals surface area contributed by atoms with Gasteiger partial charge in [0.1, 0.15) is 12.4 Å². The first-order valence-electron chi connectivity index (χ1n) is 12.9. The number of amides is 2. The molecule has 0 saturated carbocycles. The second-order valence-corrected chi connectivity index (χ2v) is 9.46. The number of carbonyl (C=O) groups is 2. The van der Waals surface area contributed by atoms with Crippen LogP contribution in [-0.2, 0) is 11.3 Å². The molecule has 1 heterocycles. The van der Waals surface area contributed by atoms with Crippen LogP contribution < -0.4 is 20.3 Å². The molecule has 8 heteroatoms. The van der Waals surface area contributed by atoms with Gasteiger partial charge in [-0.3, -0.25) is 4.79 Å². The molecule has 2 amide bonds. The standard InChI is InChI=1S/C30H36N4O4/c1-5-31-30(36)38-20-22-6-12-26(21(2)18-22)23-7-9-24(10-8-23)29(35)32-25-11-13-28(37-4)27(19-25)34-16-14-33(3)15-17-34/h6-13,18-19H,5,14-17,20H2,1-4H3,(H,31,36)(H,32,35). The van der Waals surface area contributed by atoms with Crippen LogP contribution >= 0.6 is 0 Å². The number of methoxy groups -OCH3 is 1. The Morgan fingerprint density at radius 2 is 1.68 bits per heavy atom. The van der Waals surface area contributed by atoms with Gasteiger partial charge in [-0.2, -0.15) is 0 Å². The lowest BCUT2D eigenvalue weighted by molar-refractivity contribution is 0.102. The molecule has 0 bridgehead atoms. The molecule has 0 aliphatic carbocycles. The fourth-order valence-electron chi connectivity index (χ4n) is 4.55. The Bertz CT molecular complexity index is 1270. The van der Waals surface area contributed by atoms with Gasteiger partial charge in [0.2, 0.25) is 0 Å². The van der Waals surface area contributed by atoms with Gasteiger partial charge < -0.3 is 29.9 Å². The van der Waals surface area contributed by atoms with E-state index < -0.39 is 6.09 Å². The normalized spacial score (nSPS) is 13.6. The molecule has 1 fully saturated rings. The van der Waals surface area contributed by atoms with E-state index in [-0.39, 0.29) is 12.5 Å². The van der Waals surface area contributed by atoms with E-state index >= 15 is 0 Å². The van der Waals surface area contributed by atoms with Crippen molar-refractivity contribution >= 4 is 23.4 Å². The molecule has 4 rings (SSSR count). The number of alkyl carbamates (subject to hydrolysis) is 1. The SMILES string of the molecule is CCNC(=O)OCc1ccc(-c2ccc(C(=O)Nc3ccc(OC)c(N4CCN(C)CC4)c3)cc2)c(C)c1. The van der Waals surface area contributed by atoms with Gasteiger partial charge in [-0.15, -0.1) is 0 Å². The molecule has 200 valence electrons. The van der Waals surface area contributed by atoms with E-state index in [1.165, 1.54) is 0 Å².